The molecule has 0 aliphatic carbocycles. The minimum atomic E-state index is -4.70. The highest BCUT2D eigenvalue weighted by molar-refractivity contribution is 7.48. The second-order valence-corrected chi connectivity index (χ2v) is 11.5. The van der Waals surface area contributed by atoms with Crippen LogP contribution in [0.4, 0.5) is 5.82 Å². The first-order chi connectivity index (χ1) is 19.2. The van der Waals surface area contributed by atoms with Gasteiger partial charge in [-0.3, -0.25) is 18.7 Å². The van der Waals surface area contributed by atoms with E-state index in [9.17, 15) is 24.4 Å². The van der Waals surface area contributed by atoms with Crippen LogP contribution in [0.2, 0.25) is 0 Å². The van der Waals surface area contributed by atoms with Crippen LogP contribution in [-0.2, 0) is 41.9 Å². The molecule has 0 bridgehead atoms. The van der Waals surface area contributed by atoms with E-state index in [1.165, 1.54) is 10.9 Å². The number of aliphatic hydroxyl groups is 2. The molecule has 16 nitrogen and oxygen atoms in total. The van der Waals surface area contributed by atoms with E-state index in [0.29, 0.717) is 0 Å². The van der Waals surface area contributed by atoms with Crippen molar-refractivity contribution in [1.82, 2.24) is 19.5 Å². The normalized spacial score (nSPS) is 24.6. The Morgan fingerprint density at radius 1 is 1.17 bits per heavy atom. The minimum absolute atomic E-state index is 0.0371. The largest absolute Gasteiger partial charge is 0.480 e. The number of hydrogen-bond donors (Lipinski definition) is 3. The number of rotatable bonds is 13. The van der Waals surface area contributed by atoms with Gasteiger partial charge in [0.1, 0.15) is 23.5 Å². The zero-order valence-electron chi connectivity index (χ0n) is 22.6. The van der Waals surface area contributed by atoms with Crippen LogP contribution >= 0.6 is 19.4 Å². The van der Waals surface area contributed by atoms with Crippen molar-refractivity contribution in [2.75, 3.05) is 31.8 Å². The Hall–Kier alpha value is -2.87. The summed E-state index contributed by atoms with van der Waals surface area (Å²) >= 11 is 6.18. The molecule has 2 aromatic rings. The van der Waals surface area contributed by atoms with E-state index < -0.39 is 81.2 Å². The summed E-state index contributed by atoms with van der Waals surface area (Å²) in [5.74, 6) is -0.799. The van der Waals surface area contributed by atoms with E-state index in [0.717, 1.165) is 6.33 Å². The van der Waals surface area contributed by atoms with E-state index >= 15 is 0 Å². The van der Waals surface area contributed by atoms with Gasteiger partial charge in [0.15, 0.2) is 23.3 Å². The number of nitrogen functional groups attached to an aromatic ring is 1. The first-order valence-corrected chi connectivity index (χ1v) is 14.1. The van der Waals surface area contributed by atoms with E-state index in [1.807, 2.05) is 0 Å². The fraction of sp³-hybridized carbons (Fsp3) is 0.609. The molecule has 2 aromatic heterocycles. The molecule has 4 N–H and O–H groups in total. The molecule has 0 amide bonds. The number of alkyl halides is 1. The van der Waals surface area contributed by atoms with Crippen molar-refractivity contribution >= 4 is 48.3 Å². The van der Waals surface area contributed by atoms with Crippen molar-refractivity contribution in [1.29, 1.82) is 0 Å². The van der Waals surface area contributed by atoms with Crippen LogP contribution in [0.3, 0.4) is 0 Å². The highest BCUT2D eigenvalue weighted by Gasteiger charge is 2.64. The van der Waals surface area contributed by atoms with Gasteiger partial charge in [0.2, 0.25) is 13.6 Å². The number of nitrogens with two attached hydrogens (primary N) is 1. The monoisotopic (exact) mass is 619 g/mol. The smallest absolute Gasteiger partial charge is 0.438 e. The first kappa shape index (κ1) is 32.6. The summed E-state index contributed by atoms with van der Waals surface area (Å²) in [6.45, 7) is 3.71. The van der Waals surface area contributed by atoms with Crippen LogP contribution in [0.15, 0.2) is 12.7 Å². The summed E-state index contributed by atoms with van der Waals surface area (Å²) in [7, 11) is -4.70. The van der Waals surface area contributed by atoms with Crippen LogP contribution in [0.5, 0.6) is 0 Å². The van der Waals surface area contributed by atoms with Gasteiger partial charge in [-0.25, -0.2) is 28.6 Å². The fourth-order valence-electron chi connectivity index (χ4n) is 3.56. The SMILES string of the molecule is C#C[C@@]1(O)C(O)[C@@](CCl)(COP(=O)(OCOC(=O)C(C)C)OCOC(=O)C(C)C)O[C@H]1n1cnc2c(N)ncnc21. The molecular weight excluding hydrogens is 589 g/mol. The molecule has 3 rings (SSSR count). The third-order valence-electron chi connectivity index (χ3n) is 5.97. The second kappa shape index (κ2) is 13.0. The second-order valence-electron chi connectivity index (χ2n) is 9.57. The van der Waals surface area contributed by atoms with Crippen LogP contribution in [0.25, 0.3) is 11.2 Å². The van der Waals surface area contributed by atoms with Crippen molar-refractivity contribution in [3.8, 4) is 12.3 Å². The molecule has 0 aromatic carbocycles. The molecule has 0 spiro atoms. The van der Waals surface area contributed by atoms with Crippen molar-refractivity contribution in [2.45, 2.75) is 51.2 Å². The van der Waals surface area contributed by atoms with Crippen LogP contribution in [0, 0.1) is 24.2 Å². The average Bonchev–Trinajstić information content (AvgIpc) is 3.46. The molecule has 226 valence electrons. The maximum atomic E-state index is 13.4. The summed E-state index contributed by atoms with van der Waals surface area (Å²) in [5, 5.41) is 22.5. The molecule has 18 heteroatoms. The predicted octanol–water partition coefficient (Wildman–Crippen LogP) is 1.11. The Kier molecular flexibility index (Phi) is 10.3. The summed E-state index contributed by atoms with van der Waals surface area (Å²) in [6.07, 6.45) is 4.49. The number of carbonyl (C=O) groups is 2. The lowest BCUT2D eigenvalue weighted by Gasteiger charge is -2.31. The molecule has 1 aliphatic heterocycles. The molecule has 0 saturated carbocycles. The molecule has 4 atom stereocenters. The van der Waals surface area contributed by atoms with Crippen molar-refractivity contribution in [3.05, 3.63) is 12.7 Å². The quantitative estimate of drug-likeness (QED) is 0.0940. The number of nitrogens with zero attached hydrogens (tertiary/aromatic N) is 4. The summed E-state index contributed by atoms with van der Waals surface area (Å²) in [6, 6.07) is 0. The van der Waals surface area contributed by atoms with Gasteiger partial charge in [-0.15, -0.1) is 18.0 Å². The van der Waals surface area contributed by atoms with Crippen molar-refractivity contribution in [2.24, 2.45) is 11.8 Å². The number of fused-ring (bicyclic) bond motifs is 1. The number of esters is 2. The fourth-order valence-corrected chi connectivity index (χ4v) is 4.81. The Labute approximate surface area is 240 Å². The minimum Gasteiger partial charge on any atom is -0.438 e. The van der Waals surface area contributed by atoms with E-state index in [4.69, 9.17) is 51.5 Å². The number of imidazole rings is 1. The number of aromatic nitrogens is 4. The van der Waals surface area contributed by atoms with Crippen LogP contribution in [-0.4, -0.2) is 85.0 Å². The molecule has 1 unspecified atom stereocenters. The summed E-state index contributed by atoms with van der Waals surface area (Å²) < 4.78 is 45.9. The van der Waals surface area contributed by atoms with Gasteiger partial charge in [0.05, 0.1) is 30.7 Å². The van der Waals surface area contributed by atoms with E-state index in [2.05, 4.69) is 20.9 Å². The van der Waals surface area contributed by atoms with Gasteiger partial charge in [0, 0.05) is 0 Å². The Balaban J connectivity index is 1.86. The summed E-state index contributed by atoms with van der Waals surface area (Å²) in [5.41, 5.74) is 1.67. The molecule has 3 heterocycles. The average molecular weight is 620 g/mol. The number of halogens is 1. The maximum absolute atomic E-state index is 13.4. The van der Waals surface area contributed by atoms with Gasteiger partial charge in [-0.05, 0) is 0 Å². The number of hydrogen-bond acceptors (Lipinski definition) is 15. The first-order valence-electron chi connectivity index (χ1n) is 12.2. The number of aliphatic hydroxyl groups excluding tert-OH is 1. The number of ether oxygens (including phenoxy) is 3. The Morgan fingerprint density at radius 2 is 1.76 bits per heavy atom. The zero-order chi connectivity index (χ0) is 30.6. The lowest BCUT2D eigenvalue weighted by Crippen LogP contribution is -2.53. The van der Waals surface area contributed by atoms with Gasteiger partial charge in [-0.1, -0.05) is 33.6 Å². The van der Waals surface area contributed by atoms with Crippen molar-refractivity contribution < 1.29 is 52.1 Å². The Morgan fingerprint density at radius 3 is 2.27 bits per heavy atom. The molecular formula is C23H31ClN5O11P. The molecule has 0 radical (unpaired) electrons. The van der Waals surface area contributed by atoms with E-state index in [1.54, 1.807) is 27.7 Å². The molecule has 41 heavy (non-hydrogen) atoms. The van der Waals surface area contributed by atoms with Gasteiger partial charge in [-0.2, -0.15) is 0 Å². The van der Waals surface area contributed by atoms with Crippen LogP contribution < -0.4 is 5.73 Å². The maximum Gasteiger partial charge on any atom is 0.480 e. The number of phosphoric ester groups is 1. The third kappa shape index (κ3) is 6.79. The van der Waals surface area contributed by atoms with Crippen LogP contribution in [0.1, 0.15) is 33.9 Å². The number of phosphoric acid groups is 1. The van der Waals surface area contributed by atoms with Gasteiger partial charge < -0.3 is 30.2 Å². The van der Waals surface area contributed by atoms with Crippen molar-refractivity contribution in [3.63, 3.8) is 0 Å². The van der Waals surface area contributed by atoms with Gasteiger partial charge in [0.25, 0.3) is 0 Å². The predicted molar refractivity (Wildman–Crippen MR) is 140 cm³/mol. The summed E-state index contributed by atoms with van der Waals surface area (Å²) in [4.78, 5) is 35.6. The van der Waals surface area contributed by atoms with E-state index in [-0.39, 0.29) is 17.0 Å². The third-order valence-corrected chi connectivity index (χ3v) is 7.71. The zero-order valence-corrected chi connectivity index (χ0v) is 24.3. The topological polar surface area (TPSA) is 217 Å². The van der Waals surface area contributed by atoms with Gasteiger partial charge >= 0.3 is 19.8 Å². The number of anilines is 1. The highest BCUT2D eigenvalue weighted by Crippen LogP contribution is 2.53. The highest BCUT2D eigenvalue weighted by atomic mass is 35.5. The molecule has 1 saturated heterocycles. The standard InChI is InChI=1S/C23H31ClN5O11P/c1-6-23(33)20(32)22(7-24,40-21(23)29-10-28-15-16(25)26-9-27-17(15)29)8-37-41(34,38-11-35-18(30)13(2)3)39-12-36-19(31)14(4)5/h1,9-10,13-14,20-21,32-33H,7-8,11-12H2,2-5H3,(H2,25,26,27)/t20?,21-,22-,23-/m1/s1. The lowest BCUT2D eigenvalue weighted by molar-refractivity contribution is -0.159. The molecule has 1 fully saturated rings. The Bertz CT molecular complexity index is 1320. The number of carbonyl (C=O) groups excluding carboxylic acids is 2. The molecule has 1 aliphatic rings. The number of terminal acetylenes is 1. The lowest BCUT2D eigenvalue weighted by atomic mass is 9.88.